The lowest BCUT2D eigenvalue weighted by Crippen LogP contribution is -2.45. The number of aromatic amines is 1. The molecule has 0 radical (unpaired) electrons. The van der Waals surface area contributed by atoms with Crippen LogP contribution in [0.15, 0.2) is 12.4 Å². The molecule has 0 aliphatic carbocycles. The number of H-pyrrole nitrogens is 1. The highest BCUT2D eigenvalue weighted by Gasteiger charge is 2.21. The van der Waals surface area contributed by atoms with Crippen molar-refractivity contribution in [1.29, 1.82) is 0 Å². The van der Waals surface area contributed by atoms with Crippen LogP contribution in [0.1, 0.15) is 38.8 Å². The third-order valence-corrected chi connectivity index (χ3v) is 2.94. The van der Waals surface area contributed by atoms with Gasteiger partial charge in [0.2, 0.25) is 5.91 Å². The lowest BCUT2D eigenvalue weighted by molar-refractivity contribution is -0.124. The molecule has 0 aliphatic heterocycles. The van der Waals surface area contributed by atoms with E-state index in [9.17, 15) is 4.79 Å². The zero-order valence-corrected chi connectivity index (χ0v) is 10.0. The number of nitrogens with two attached hydrogens (primary N) is 1. The summed E-state index contributed by atoms with van der Waals surface area (Å²) in [5.41, 5.74) is 6.79. The van der Waals surface area contributed by atoms with E-state index in [1.807, 2.05) is 20.8 Å². The van der Waals surface area contributed by atoms with Gasteiger partial charge in [-0.3, -0.25) is 9.89 Å². The molecule has 5 heteroatoms. The van der Waals surface area contributed by atoms with Crippen molar-refractivity contribution in [1.82, 2.24) is 15.5 Å². The molecule has 0 saturated carbocycles. The number of carbonyl (C=O) groups excluding carboxylic acids is 1. The molecule has 5 nitrogen and oxygen atoms in total. The van der Waals surface area contributed by atoms with Gasteiger partial charge in [-0.25, -0.2) is 0 Å². The second-order valence-electron chi connectivity index (χ2n) is 4.17. The second-order valence-corrected chi connectivity index (χ2v) is 4.17. The van der Waals surface area contributed by atoms with Crippen molar-refractivity contribution in [2.24, 2.45) is 11.7 Å². The van der Waals surface area contributed by atoms with Gasteiger partial charge in [-0.1, -0.05) is 20.3 Å². The Morgan fingerprint density at radius 2 is 2.31 bits per heavy atom. The van der Waals surface area contributed by atoms with Crippen LogP contribution in [-0.4, -0.2) is 22.1 Å². The van der Waals surface area contributed by atoms with Crippen molar-refractivity contribution in [2.45, 2.75) is 39.3 Å². The minimum Gasteiger partial charge on any atom is -0.348 e. The molecular formula is C11H20N4O. The third-order valence-electron chi connectivity index (χ3n) is 2.94. The van der Waals surface area contributed by atoms with Crippen LogP contribution >= 0.6 is 0 Å². The quantitative estimate of drug-likeness (QED) is 0.696. The highest BCUT2D eigenvalue weighted by Crippen LogP contribution is 2.11. The molecule has 0 aromatic carbocycles. The molecule has 0 saturated heterocycles. The first-order valence-corrected chi connectivity index (χ1v) is 5.60. The Kier molecular flexibility index (Phi) is 4.49. The molecule has 1 aromatic heterocycles. The van der Waals surface area contributed by atoms with Crippen LogP contribution in [-0.2, 0) is 4.79 Å². The van der Waals surface area contributed by atoms with Gasteiger partial charge in [-0.05, 0) is 12.8 Å². The molecule has 1 unspecified atom stereocenters. The lowest BCUT2D eigenvalue weighted by Gasteiger charge is -2.20. The van der Waals surface area contributed by atoms with Gasteiger partial charge in [0.05, 0.1) is 18.3 Å². The summed E-state index contributed by atoms with van der Waals surface area (Å²) in [4.78, 5) is 11.8. The molecule has 3 atom stereocenters. The summed E-state index contributed by atoms with van der Waals surface area (Å²) in [7, 11) is 0. The summed E-state index contributed by atoms with van der Waals surface area (Å²) < 4.78 is 0. The van der Waals surface area contributed by atoms with E-state index >= 15 is 0 Å². The van der Waals surface area contributed by atoms with Crippen molar-refractivity contribution in [3.05, 3.63) is 18.0 Å². The Bertz CT molecular complexity index is 323. The first kappa shape index (κ1) is 12.7. The topological polar surface area (TPSA) is 83.8 Å². The fourth-order valence-corrected chi connectivity index (χ4v) is 1.40. The van der Waals surface area contributed by atoms with Gasteiger partial charge >= 0.3 is 0 Å². The van der Waals surface area contributed by atoms with Gasteiger partial charge in [-0.15, -0.1) is 0 Å². The molecule has 16 heavy (non-hydrogen) atoms. The van der Waals surface area contributed by atoms with E-state index < -0.39 is 6.04 Å². The van der Waals surface area contributed by atoms with Gasteiger partial charge in [0.15, 0.2) is 0 Å². The van der Waals surface area contributed by atoms with Crippen LogP contribution in [0.5, 0.6) is 0 Å². The zero-order valence-electron chi connectivity index (χ0n) is 10.0. The van der Waals surface area contributed by atoms with E-state index in [0.717, 1.165) is 12.0 Å². The highest BCUT2D eigenvalue weighted by molar-refractivity contribution is 5.82. The van der Waals surface area contributed by atoms with Gasteiger partial charge < -0.3 is 11.1 Å². The number of carbonyl (C=O) groups is 1. The third kappa shape index (κ3) is 3.06. The molecule has 1 rings (SSSR count). The van der Waals surface area contributed by atoms with E-state index in [1.165, 1.54) is 0 Å². The van der Waals surface area contributed by atoms with Crippen molar-refractivity contribution in [2.75, 3.05) is 0 Å². The van der Waals surface area contributed by atoms with Gasteiger partial charge in [0.25, 0.3) is 0 Å². The molecule has 1 heterocycles. The number of nitrogens with one attached hydrogen (secondary N) is 2. The van der Waals surface area contributed by atoms with E-state index in [2.05, 4.69) is 15.5 Å². The predicted molar refractivity (Wildman–Crippen MR) is 62.6 cm³/mol. The number of rotatable bonds is 5. The van der Waals surface area contributed by atoms with E-state index in [1.54, 1.807) is 12.4 Å². The molecule has 1 amide bonds. The van der Waals surface area contributed by atoms with Crippen molar-refractivity contribution in [3.8, 4) is 0 Å². The molecule has 90 valence electrons. The van der Waals surface area contributed by atoms with Gasteiger partial charge in [-0.2, -0.15) is 5.10 Å². The first-order valence-electron chi connectivity index (χ1n) is 5.60. The number of nitrogens with zero attached hydrogens (tertiary/aromatic N) is 1. The van der Waals surface area contributed by atoms with Gasteiger partial charge in [0.1, 0.15) is 0 Å². The van der Waals surface area contributed by atoms with Crippen molar-refractivity contribution < 1.29 is 4.79 Å². The van der Waals surface area contributed by atoms with E-state index in [-0.39, 0.29) is 17.9 Å². The van der Waals surface area contributed by atoms with Crippen LogP contribution in [0.25, 0.3) is 0 Å². The molecule has 4 N–H and O–H groups in total. The minimum atomic E-state index is -0.445. The van der Waals surface area contributed by atoms with Crippen molar-refractivity contribution in [3.63, 3.8) is 0 Å². The van der Waals surface area contributed by atoms with Crippen LogP contribution in [0.3, 0.4) is 0 Å². The monoisotopic (exact) mass is 224 g/mol. The molecular weight excluding hydrogens is 204 g/mol. The number of aromatic nitrogens is 2. The average molecular weight is 224 g/mol. The molecule has 0 spiro atoms. The normalized spacial score (nSPS) is 16.5. The standard InChI is InChI=1S/C11H20N4O/c1-4-7(2)10(12)11(16)15-8(3)9-5-13-14-6-9/h5-8,10H,4,12H2,1-3H3,(H,13,14)(H,15,16)/t7-,8?,10-/m0/s1. The molecule has 0 bridgehead atoms. The Hall–Kier alpha value is -1.36. The van der Waals surface area contributed by atoms with Crippen LogP contribution in [0.2, 0.25) is 0 Å². The minimum absolute atomic E-state index is 0.0682. The maximum absolute atomic E-state index is 11.8. The molecule has 0 aliphatic rings. The number of hydrogen-bond donors (Lipinski definition) is 3. The summed E-state index contributed by atoms with van der Waals surface area (Å²) in [5.74, 6) is 0.0830. The zero-order chi connectivity index (χ0) is 12.1. The Labute approximate surface area is 95.8 Å². The fraction of sp³-hybridized carbons (Fsp3) is 0.636. The Morgan fingerprint density at radius 3 is 2.81 bits per heavy atom. The summed E-state index contributed by atoms with van der Waals surface area (Å²) in [6.07, 6.45) is 4.36. The predicted octanol–water partition coefficient (Wildman–Crippen LogP) is 0.960. The summed E-state index contributed by atoms with van der Waals surface area (Å²) in [5, 5.41) is 9.43. The second kappa shape index (κ2) is 5.65. The highest BCUT2D eigenvalue weighted by atomic mass is 16.2. The molecule has 0 fully saturated rings. The Balaban J connectivity index is 2.51. The summed E-state index contributed by atoms with van der Waals surface area (Å²) in [6, 6.07) is -0.513. The van der Waals surface area contributed by atoms with Crippen molar-refractivity contribution >= 4 is 5.91 Å². The van der Waals surface area contributed by atoms with Crippen LogP contribution in [0.4, 0.5) is 0 Å². The maximum Gasteiger partial charge on any atom is 0.237 e. The lowest BCUT2D eigenvalue weighted by atomic mass is 9.99. The summed E-state index contributed by atoms with van der Waals surface area (Å²) in [6.45, 7) is 5.91. The number of hydrogen-bond acceptors (Lipinski definition) is 3. The smallest absolute Gasteiger partial charge is 0.237 e. The fourth-order valence-electron chi connectivity index (χ4n) is 1.40. The van der Waals surface area contributed by atoms with E-state index in [4.69, 9.17) is 5.73 Å². The van der Waals surface area contributed by atoms with E-state index in [0.29, 0.717) is 0 Å². The van der Waals surface area contributed by atoms with Crippen LogP contribution in [0, 0.1) is 5.92 Å². The maximum atomic E-state index is 11.8. The average Bonchev–Trinajstić information content (AvgIpc) is 2.80. The number of amides is 1. The van der Waals surface area contributed by atoms with Crippen LogP contribution < -0.4 is 11.1 Å². The molecule has 1 aromatic rings. The summed E-state index contributed by atoms with van der Waals surface area (Å²) >= 11 is 0. The first-order chi connectivity index (χ1) is 7.56. The SMILES string of the molecule is CC[C@H](C)[C@H](N)C(=O)NC(C)c1cn[nH]c1. The van der Waals surface area contributed by atoms with Gasteiger partial charge in [0, 0.05) is 11.8 Å². The Morgan fingerprint density at radius 1 is 1.62 bits per heavy atom. The largest absolute Gasteiger partial charge is 0.348 e.